The highest BCUT2D eigenvalue weighted by Gasteiger charge is 2.47. The van der Waals surface area contributed by atoms with E-state index in [2.05, 4.69) is 73.0 Å². The van der Waals surface area contributed by atoms with Crippen LogP contribution in [0.5, 0.6) is 0 Å². The van der Waals surface area contributed by atoms with E-state index in [1.165, 1.54) is 0 Å². The molecule has 5 nitrogen and oxygen atoms in total. The van der Waals surface area contributed by atoms with E-state index in [0.29, 0.717) is 6.61 Å². The van der Waals surface area contributed by atoms with Gasteiger partial charge in [-0.05, 0) is 49.6 Å². The van der Waals surface area contributed by atoms with Crippen molar-refractivity contribution in [2.24, 2.45) is 0 Å². The summed E-state index contributed by atoms with van der Waals surface area (Å²) >= 11 is 0. The molecule has 7 heteroatoms. The fourth-order valence-electron chi connectivity index (χ4n) is 3.35. The lowest BCUT2D eigenvalue weighted by Gasteiger charge is -2.45. The molecule has 0 bridgehead atoms. The Kier molecular flexibility index (Phi) is 7.35. The average Bonchev–Trinajstić information content (AvgIpc) is 2.94. The summed E-state index contributed by atoms with van der Waals surface area (Å²) in [5, 5.41) is 4.07. The van der Waals surface area contributed by atoms with E-state index in [1.807, 2.05) is 6.92 Å². The molecule has 2 aliphatic heterocycles. The molecule has 0 aromatic heterocycles. The van der Waals surface area contributed by atoms with Gasteiger partial charge in [0.05, 0.1) is 18.8 Å². The van der Waals surface area contributed by atoms with Gasteiger partial charge in [-0.3, -0.25) is 0 Å². The van der Waals surface area contributed by atoms with Gasteiger partial charge < -0.3 is 23.6 Å². The maximum Gasteiger partial charge on any atom is 0.192 e. The lowest BCUT2D eigenvalue weighted by molar-refractivity contribution is -0.246. The Bertz CT molecular complexity index is 527. The van der Waals surface area contributed by atoms with Crippen molar-refractivity contribution < 1.29 is 18.3 Å². The Morgan fingerprint density at radius 3 is 1.96 bits per heavy atom. The first kappa shape index (κ1) is 24.5. The summed E-state index contributed by atoms with van der Waals surface area (Å²) in [6, 6.07) is 0.246. The molecule has 0 amide bonds. The van der Waals surface area contributed by atoms with Crippen molar-refractivity contribution in [2.45, 2.75) is 122 Å². The molecule has 0 saturated carbocycles. The van der Waals surface area contributed by atoms with Crippen LogP contribution in [0.25, 0.3) is 0 Å². The molecule has 2 fully saturated rings. The van der Waals surface area contributed by atoms with Crippen molar-refractivity contribution >= 4 is 16.6 Å². The minimum absolute atomic E-state index is 0.00545. The van der Waals surface area contributed by atoms with Gasteiger partial charge in [-0.1, -0.05) is 41.5 Å². The molecule has 2 heterocycles. The first-order valence-corrected chi connectivity index (χ1v) is 16.7. The van der Waals surface area contributed by atoms with Crippen LogP contribution in [-0.4, -0.2) is 60.4 Å². The highest BCUT2D eigenvalue weighted by Crippen LogP contribution is 2.40. The second kappa shape index (κ2) is 8.40. The average molecular weight is 432 g/mol. The molecule has 1 N–H and O–H groups in total. The number of rotatable bonds is 5. The monoisotopic (exact) mass is 431 g/mol. The van der Waals surface area contributed by atoms with Crippen LogP contribution in [0, 0.1) is 0 Å². The quantitative estimate of drug-likeness (QED) is 0.628. The SMILES string of the molecule is C[C@@H]1OC[C@@H](O[Si](C)(C)C(C)(C)C)[C@H]([C@@H]2C[C@@H](O[Si](C)(C)C(C)(C)C)CN2)O1. The Morgan fingerprint density at radius 1 is 0.893 bits per heavy atom. The summed E-state index contributed by atoms with van der Waals surface area (Å²) in [4.78, 5) is 0. The predicted molar refractivity (Wildman–Crippen MR) is 121 cm³/mol. The van der Waals surface area contributed by atoms with Crippen LogP contribution in [0.1, 0.15) is 54.9 Å². The van der Waals surface area contributed by atoms with E-state index in [1.54, 1.807) is 0 Å². The lowest BCUT2D eigenvalue weighted by atomic mass is 10.0. The Labute approximate surface area is 175 Å². The molecule has 2 saturated heterocycles. The van der Waals surface area contributed by atoms with Gasteiger partial charge in [0, 0.05) is 12.6 Å². The van der Waals surface area contributed by atoms with E-state index in [0.717, 1.165) is 13.0 Å². The van der Waals surface area contributed by atoms with Crippen molar-refractivity contribution in [1.82, 2.24) is 5.32 Å². The molecule has 2 rings (SSSR count). The molecular weight excluding hydrogens is 386 g/mol. The van der Waals surface area contributed by atoms with E-state index < -0.39 is 16.6 Å². The Morgan fingerprint density at radius 2 is 1.43 bits per heavy atom. The smallest absolute Gasteiger partial charge is 0.192 e. The van der Waals surface area contributed by atoms with Gasteiger partial charge in [-0.15, -0.1) is 0 Å². The topological polar surface area (TPSA) is 49.0 Å². The minimum atomic E-state index is -1.90. The molecule has 166 valence electrons. The first-order chi connectivity index (χ1) is 12.5. The summed E-state index contributed by atoms with van der Waals surface area (Å²) in [5.41, 5.74) is 0. The Hall–Kier alpha value is 0.234. The zero-order chi connectivity index (χ0) is 21.5. The second-order valence-corrected chi connectivity index (χ2v) is 21.2. The standard InChI is InChI=1S/C21H45NO4Si2/c1-15-23-14-18(26-28(10,11)21(5,6)7)19(24-15)17-12-16(13-22-17)25-27(8,9)20(2,3)4/h15-19,22H,12-14H2,1-11H3/t15-,16-,17+,18-,19+/m1/s1. The number of hydrogen-bond acceptors (Lipinski definition) is 5. The van der Waals surface area contributed by atoms with E-state index in [4.69, 9.17) is 18.3 Å². The van der Waals surface area contributed by atoms with Gasteiger partial charge in [0.1, 0.15) is 6.10 Å². The van der Waals surface area contributed by atoms with Crippen molar-refractivity contribution in [3.05, 3.63) is 0 Å². The number of nitrogens with one attached hydrogen (secondary N) is 1. The zero-order valence-corrected chi connectivity index (χ0v) is 22.1. The molecule has 0 aromatic rings. The van der Waals surface area contributed by atoms with Crippen LogP contribution in [0.3, 0.4) is 0 Å². The molecule has 0 unspecified atom stereocenters. The molecule has 28 heavy (non-hydrogen) atoms. The van der Waals surface area contributed by atoms with E-state index >= 15 is 0 Å². The van der Waals surface area contributed by atoms with Gasteiger partial charge in [-0.25, -0.2) is 0 Å². The fourth-order valence-corrected chi connectivity index (χ4v) is 6.03. The highest BCUT2D eigenvalue weighted by molar-refractivity contribution is 6.74. The molecule has 0 aromatic carbocycles. The van der Waals surface area contributed by atoms with Gasteiger partial charge in [0.25, 0.3) is 0 Å². The van der Waals surface area contributed by atoms with Crippen molar-refractivity contribution in [2.75, 3.05) is 13.2 Å². The molecule has 0 radical (unpaired) electrons. The molecule has 0 spiro atoms. The van der Waals surface area contributed by atoms with Crippen LogP contribution >= 0.6 is 0 Å². The van der Waals surface area contributed by atoms with Crippen molar-refractivity contribution in [3.8, 4) is 0 Å². The Balaban J connectivity index is 2.07. The van der Waals surface area contributed by atoms with Gasteiger partial charge in [0.15, 0.2) is 22.9 Å². The fraction of sp³-hybridized carbons (Fsp3) is 1.00. The summed E-state index contributed by atoms with van der Waals surface area (Å²) < 4.78 is 25.5. The molecular formula is C21H45NO4Si2. The van der Waals surface area contributed by atoms with Gasteiger partial charge in [-0.2, -0.15) is 0 Å². The third kappa shape index (κ3) is 5.68. The summed E-state index contributed by atoms with van der Waals surface area (Å²) in [7, 11) is -3.67. The van der Waals surface area contributed by atoms with Crippen molar-refractivity contribution in [1.29, 1.82) is 0 Å². The van der Waals surface area contributed by atoms with E-state index in [-0.39, 0.29) is 40.7 Å². The zero-order valence-electron chi connectivity index (χ0n) is 20.1. The van der Waals surface area contributed by atoms with Crippen LogP contribution in [0.2, 0.25) is 36.3 Å². The lowest BCUT2D eigenvalue weighted by Crippen LogP contribution is -2.57. The van der Waals surface area contributed by atoms with Crippen LogP contribution in [0.15, 0.2) is 0 Å². The third-order valence-electron chi connectivity index (χ3n) is 7.25. The van der Waals surface area contributed by atoms with Crippen LogP contribution in [-0.2, 0) is 18.3 Å². The maximum atomic E-state index is 6.72. The van der Waals surface area contributed by atoms with Crippen LogP contribution in [0.4, 0.5) is 0 Å². The minimum Gasteiger partial charge on any atom is -0.413 e. The second-order valence-electron chi connectivity index (χ2n) is 11.7. The largest absolute Gasteiger partial charge is 0.413 e. The summed E-state index contributed by atoms with van der Waals surface area (Å²) in [5.74, 6) is 0. The van der Waals surface area contributed by atoms with Gasteiger partial charge in [0.2, 0.25) is 0 Å². The highest BCUT2D eigenvalue weighted by atomic mass is 28.4. The number of ether oxygens (including phenoxy) is 2. The van der Waals surface area contributed by atoms with Crippen molar-refractivity contribution in [3.63, 3.8) is 0 Å². The summed E-state index contributed by atoms with van der Waals surface area (Å²) in [6.07, 6.45) is 1.01. The molecule has 2 aliphatic rings. The molecule has 0 aliphatic carbocycles. The number of hydrogen-bond donors (Lipinski definition) is 1. The normalized spacial score (nSPS) is 33.3. The van der Waals surface area contributed by atoms with Gasteiger partial charge >= 0.3 is 0 Å². The van der Waals surface area contributed by atoms with E-state index in [9.17, 15) is 0 Å². The first-order valence-electron chi connectivity index (χ1n) is 10.9. The predicted octanol–water partition coefficient (Wildman–Crippen LogP) is 4.89. The molecule has 5 atom stereocenters. The summed E-state index contributed by atoms with van der Waals surface area (Å²) in [6.45, 7) is 26.4. The maximum absolute atomic E-state index is 6.72. The third-order valence-corrected chi connectivity index (χ3v) is 16.3. The van der Waals surface area contributed by atoms with Crippen LogP contribution < -0.4 is 5.32 Å².